The zero-order valence-electron chi connectivity index (χ0n) is 17.7. The summed E-state index contributed by atoms with van der Waals surface area (Å²) in [7, 11) is 0. The first-order valence-electron chi connectivity index (χ1n) is 9.92. The van der Waals surface area contributed by atoms with Crippen molar-refractivity contribution in [3.05, 3.63) is 99.4 Å². The van der Waals surface area contributed by atoms with Crippen molar-refractivity contribution in [3.8, 4) is 17.3 Å². The van der Waals surface area contributed by atoms with Crippen molar-refractivity contribution in [2.24, 2.45) is 0 Å². The number of rotatable bonds is 7. The molecule has 2 aromatic heterocycles. The van der Waals surface area contributed by atoms with E-state index in [2.05, 4.69) is 10.4 Å². The van der Waals surface area contributed by atoms with Gasteiger partial charge in [0.05, 0.1) is 29.5 Å². The Kier molecular flexibility index (Phi) is 5.90. The fraction of sp³-hybridized carbons (Fsp3) is 0.130. The first-order chi connectivity index (χ1) is 15.8. The lowest BCUT2D eigenvalue weighted by molar-refractivity contribution is -0.385. The topological polar surface area (TPSA) is 112 Å². The van der Waals surface area contributed by atoms with Crippen molar-refractivity contribution >= 4 is 11.6 Å². The van der Waals surface area contributed by atoms with Crippen LogP contribution < -0.4 is 10.1 Å². The lowest BCUT2D eigenvalue weighted by Gasteiger charge is -2.11. The van der Waals surface area contributed by atoms with Crippen molar-refractivity contribution in [3.63, 3.8) is 0 Å². The highest BCUT2D eigenvalue weighted by Crippen LogP contribution is 2.33. The summed E-state index contributed by atoms with van der Waals surface area (Å²) >= 11 is 0. The van der Waals surface area contributed by atoms with E-state index in [0.717, 1.165) is 23.8 Å². The van der Waals surface area contributed by atoms with Crippen LogP contribution in [0.2, 0.25) is 0 Å². The number of furan rings is 1. The molecular weight excluding hydrogens is 431 g/mol. The molecule has 9 nitrogen and oxygen atoms in total. The van der Waals surface area contributed by atoms with Crippen LogP contribution in [0.5, 0.6) is 11.6 Å². The number of nitro groups is 1. The maximum absolute atomic E-state index is 14.5. The standard InChI is InChI=1S/C23H19FN4O5/c1-14-5-7-16(8-6-14)27-23(33-20-10-9-17(28(30)31)12-19(20)24)15(2)21(26-27)22(29)25-13-18-4-3-11-32-18/h3-12H,13H2,1-2H3,(H,25,29). The summed E-state index contributed by atoms with van der Waals surface area (Å²) in [5.74, 6) is -0.939. The summed E-state index contributed by atoms with van der Waals surface area (Å²) in [6.07, 6.45) is 1.50. The quantitative estimate of drug-likeness (QED) is 0.318. The van der Waals surface area contributed by atoms with Crippen molar-refractivity contribution < 1.29 is 23.3 Å². The Morgan fingerprint density at radius 3 is 2.61 bits per heavy atom. The molecule has 0 bridgehead atoms. The smallest absolute Gasteiger partial charge is 0.272 e. The van der Waals surface area contributed by atoms with Crippen LogP contribution in [-0.2, 0) is 6.54 Å². The van der Waals surface area contributed by atoms with E-state index in [4.69, 9.17) is 9.15 Å². The number of nitrogens with one attached hydrogen (secondary N) is 1. The number of amides is 1. The molecule has 0 saturated carbocycles. The molecule has 168 valence electrons. The molecule has 0 fully saturated rings. The zero-order valence-corrected chi connectivity index (χ0v) is 17.7. The van der Waals surface area contributed by atoms with Gasteiger partial charge < -0.3 is 14.5 Å². The molecule has 0 radical (unpaired) electrons. The normalized spacial score (nSPS) is 10.8. The molecule has 1 amide bonds. The van der Waals surface area contributed by atoms with Gasteiger partial charge in [-0.25, -0.2) is 4.39 Å². The predicted molar refractivity (Wildman–Crippen MR) is 116 cm³/mol. The molecular formula is C23H19FN4O5. The van der Waals surface area contributed by atoms with Gasteiger partial charge in [-0.2, -0.15) is 9.78 Å². The van der Waals surface area contributed by atoms with E-state index >= 15 is 0 Å². The van der Waals surface area contributed by atoms with Gasteiger partial charge in [-0.05, 0) is 44.2 Å². The number of aryl methyl sites for hydroxylation is 1. The average Bonchev–Trinajstić information content (AvgIpc) is 3.42. The summed E-state index contributed by atoms with van der Waals surface area (Å²) in [6.45, 7) is 3.71. The first-order valence-corrected chi connectivity index (χ1v) is 9.92. The Hall–Kier alpha value is -4.47. The van der Waals surface area contributed by atoms with Crippen LogP contribution in [0.3, 0.4) is 0 Å². The fourth-order valence-corrected chi connectivity index (χ4v) is 3.13. The Labute approximate surface area is 187 Å². The number of hydrogen-bond acceptors (Lipinski definition) is 6. The minimum absolute atomic E-state index is 0.0828. The summed E-state index contributed by atoms with van der Waals surface area (Å²) in [5, 5.41) is 18.0. The van der Waals surface area contributed by atoms with Crippen LogP contribution in [0.15, 0.2) is 65.3 Å². The molecule has 0 aliphatic rings. The summed E-state index contributed by atoms with van der Waals surface area (Å²) in [4.78, 5) is 23.0. The Bertz CT molecular complexity index is 1310. The van der Waals surface area contributed by atoms with Crippen molar-refractivity contribution in [1.29, 1.82) is 0 Å². The number of benzene rings is 2. The third kappa shape index (κ3) is 4.59. The maximum Gasteiger partial charge on any atom is 0.272 e. The molecule has 0 spiro atoms. The maximum atomic E-state index is 14.5. The average molecular weight is 450 g/mol. The van der Waals surface area contributed by atoms with Crippen LogP contribution >= 0.6 is 0 Å². The van der Waals surface area contributed by atoms with Gasteiger partial charge in [-0.3, -0.25) is 14.9 Å². The zero-order chi connectivity index (χ0) is 23.5. The van der Waals surface area contributed by atoms with Crippen LogP contribution in [0, 0.1) is 29.8 Å². The van der Waals surface area contributed by atoms with Gasteiger partial charge in [-0.15, -0.1) is 0 Å². The van der Waals surface area contributed by atoms with Crippen molar-refractivity contribution in [1.82, 2.24) is 15.1 Å². The molecule has 4 rings (SSSR count). The van der Waals surface area contributed by atoms with E-state index in [-0.39, 0.29) is 23.9 Å². The number of aromatic nitrogens is 2. The molecule has 1 N–H and O–H groups in total. The Balaban J connectivity index is 1.71. The molecule has 0 atom stereocenters. The monoisotopic (exact) mass is 450 g/mol. The molecule has 10 heteroatoms. The van der Waals surface area contributed by atoms with Gasteiger partial charge in [0.25, 0.3) is 11.6 Å². The number of carbonyl (C=O) groups excluding carboxylic acids is 1. The SMILES string of the molecule is Cc1ccc(-n2nc(C(=O)NCc3ccco3)c(C)c2Oc2ccc([N+](=O)[O-])cc2F)cc1. The second-order valence-electron chi connectivity index (χ2n) is 7.26. The highest BCUT2D eigenvalue weighted by molar-refractivity contribution is 5.94. The Morgan fingerprint density at radius 2 is 1.97 bits per heavy atom. The van der Waals surface area contributed by atoms with Gasteiger partial charge in [0.2, 0.25) is 5.88 Å². The molecule has 33 heavy (non-hydrogen) atoms. The van der Waals surface area contributed by atoms with E-state index in [0.29, 0.717) is 17.0 Å². The van der Waals surface area contributed by atoms with Gasteiger partial charge in [-0.1, -0.05) is 17.7 Å². The summed E-state index contributed by atoms with van der Waals surface area (Å²) in [6, 6.07) is 13.8. The van der Waals surface area contributed by atoms with E-state index in [9.17, 15) is 19.3 Å². The molecule has 0 aliphatic carbocycles. The number of carbonyl (C=O) groups is 1. The summed E-state index contributed by atoms with van der Waals surface area (Å²) < 4.78 is 26.9. The van der Waals surface area contributed by atoms with Gasteiger partial charge in [0.15, 0.2) is 17.3 Å². The van der Waals surface area contributed by atoms with E-state index in [1.54, 1.807) is 31.2 Å². The highest BCUT2D eigenvalue weighted by Gasteiger charge is 2.24. The molecule has 2 heterocycles. The molecule has 0 saturated heterocycles. The predicted octanol–water partition coefficient (Wildman–Crippen LogP) is 4.85. The van der Waals surface area contributed by atoms with Crippen molar-refractivity contribution in [2.75, 3.05) is 0 Å². The molecule has 4 aromatic rings. The van der Waals surface area contributed by atoms with Gasteiger partial charge in [0.1, 0.15) is 5.76 Å². The minimum Gasteiger partial charge on any atom is -0.467 e. The lowest BCUT2D eigenvalue weighted by Crippen LogP contribution is -2.23. The first kappa shape index (κ1) is 21.8. The van der Waals surface area contributed by atoms with E-state index < -0.39 is 22.3 Å². The number of hydrogen-bond donors (Lipinski definition) is 1. The minimum atomic E-state index is -0.913. The number of nitro benzene ring substituents is 1. The number of non-ortho nitro benzene ring substituents is 1. The lowest BCUT2D eigenvalue weighted by atomic mass is 10.2. The second kappa shape index (κ2) is 8.95. The van der Waals surface area contributed by atoms with Gasteiger partial charge >= 0.3 is 0 Å². The van der Waals surface area contributed by atoms with E-state index in [1.807, 2.05) is 19.1 Å². The van der Waals surface area contributed by atoms with Crippen LogP contribution in [0.4, 0.5) is 10.1 Å². The van der Waals surface area contributed by atoms with Crippen LogP contribution in [0.1, 0.15) is 27.4 Å². The molecule has 0 unspecified atom stereocenters. The third-order valence-electron chi connectivity index (χ3n) is 4.90. The van der Waals surface area contributed by atoms with Crippen molar-refractivity contribution in [2.45, 2.75) is 20.4 Å². The fourth-order valence-electron chi connectivity index (χ4n) is 3.13. The second-order valence-corrected chi connectivity index (χ2v) is 7.26. The third-order valence-corrected chi connectivity index (χ3v) is 4.90. The number of ether oxygens (including phenoxy) is 1. The largest absolute Gasteiger partial charge is 0.467 e. The number of halogens is 1. The van der Waals surface area contributed by atoms with E-state index in [1.165, 1.54) is 10.9 Å². The Morgan fingerprint density at radius 1 is 1.21 bits per heavy atom. The van der Waals surface area contributed by atoms with Crippen LogP contribution in [0.25, 0.3) is 5.69 Å². The van der Waals surface area contributed by atoms with Gasteiger partial charge in [0, 0.05) is 11.6 Å². The molecule has 2 aromatic carbocycles. The molecule has 0 aliphatic heterocycles. The summed E-state index contributed by atoms with van der Waals surface area (Å²) in [5.41, 5.74) is 1.65. The number of nitrogens with zero attached hydrogens (tertiary/aromatic N) is 3. The highest BCUT2D eigenvalue weighted by atomic mass is 19.1. The van der Waals surface area contributed by atoms with Crippen LogP contribution in [-0.4, -0.2) is 20.6 Å².